The van der Waals surface area contributed by atoms with E-state index in [9.17, 15) is 24.8 Å². The van der Waals surface area contributed by atoms with Gasteiger partial charge in [0, 0.05) is 16.6 Å². The van der Waals surface area contributed by atoms with E-state index in [1.807, 2.05) is 0 Å². The lowest BCUT2D eigenvalue weighted by molar-refractivity contribution is -0.384. The van der Waals surface area contributed by atoms with Crippen molar-refractivity contribution in [2.45, 2.75) is 0 Å². The lowest BCUT2D eigenvalue weighted by Crippen LogP contribution is -2.21. The van der Waals surface area contributed by atoms with Gasteiger partial charge < -0.3 is 15.2 Å². The Hall–Kier alpha value is -3.46. The molecule has 0 saturated carbocycles. The van der Waals surface area contributed by atoms with E-state index in [-0.39, 0.29) is 17.0 Å². The smallest absolute Gasteiger partial charge is 0.342 e. The van der Waals surface area contributed by atoms with Gasteiger partial charge in [0.1, 0.15) is 11.3 Å². The zero-order chi connectivity index (χ0) is 20.3. The molecule has 0 aliphatic rings. The number of ether oxygens (including phenoxy) is 1. The highest BCUT2D eigenvalue weighted by molar-refractivity contribution is 9.10. The number of rotatable bonds is 5. The molecule has 142 valence electrons. The van der Waals surface area contributed by atoms with Crippen molar-refractivity contribution in [2.75, 3.05) is 11.9 Å². The number of carbonyl (C=O) groups is 2. The van der Waals surface area contributed by atoms with Crippen LogP contribution < -0.4 is 5.32 Å². The predicted octanol–water partition coefficient (Wildman–Crippen LogP) is 4.01. The van der Waals surface area contributed by atoms with Gasteiger partial charge in [0.25, 0.3) is 11.6 Å². The number of amides is 1. The Labute approximate surface area is 167 Å². The summed E-state index contributed by atoms with van der Waals surface area (Å²) in [6.07, 6.45) is 0. The monoisotopic (exact) mass is 444 g/mol. The van der Waals surface area contributed by atoms with Gasteiger partial charge in [-0.3, -0.25) is 14.9 Å². The van der Waals surface area contributed by atoms with Crippen molar-refractivity contribution >= 4 is 50.0 Å². The molecule has 0 spiro atoms. The van der Waals surface area contributed by atoms with E-state index >= 15 is 0 Å². The molecule has 0 atom stereocenters. The summed E-state index contributed by atoms with van der Waals surface area (Å²) in [5.74, 6) is -1.73. The SMILES string of the molecule is O=C(COC(=O)c1cc2ccccc2cc1O)Nc1ccc([N+](=O)[O-])cc1Br. The Morgan fingerprint density at radius 1 is 1.11 bits per heavy atom. The fourth-order valence-electron chi connectivity index (χ4n) is 2.51. The second kappa shape index (κ2) is 8.05. The van der Waals surface area contributed by atoms with Crippen LogP contribution in [-0.2, 0) is 9.53 Å². The normalized spacial score (nSPS) is 10.5. The highest BCUT2D eigenvalue weighted by Crippen LogP contribution is 2.27. The summed E-state index contributed by atoms with van der Waals surface area (Å²) in [5.41, 5.74) is 0.103. The Kier molecular flexibility index (Phi) is 5.55. The Balaban J connectivity index is 1.65. The largest absolute Gasteiger partial charge is 0.507 e. The Morgan fingerprint density at radius 3 is 2.43 bits per heavy atom. The molecule has 0 aromatic heterocycles. The number of fused-ring (bicyclic) bond motifs is 1. The number of aromatic hydroxyl groups is 1. The van der Waals surface area contributed by atoms with Gasteiger partial charge in [-0.2, -0.15) is 0 Å². The van der Waals surface area contributed by atoms with E-state index in [4.69, 9.17) is 4.74 Å². The van der Waals surface area contributed by atoms with Crippen LogP contribution in [-0.4, -0.2) is 28.5 Å². The maximum Gasteiger partial charge on any atom is 0.342 e. The zero-order valence-corrected chi connectivity index (χ0v) is 15.8. The van der Waals surface area contributed by atoms with Crippen molar-refractivity contribution in [3.63, 3.8) is 0 Å². The molecule has 0 bridgehead atoms. The van der Waals surface area contributed by atoms with Crippen LogP contribution >= 0.6 is 15.9 Å². The maximum absolute atomic E-state index is 12.2. The van der Waals surface area contributed by atoms with Crippen LogP contribution in [0.15, 0.2) is 59.1 Å². The van der Waals surface area contributed by atoms with Gasteiger partial charge in [0.05, 0.1) is 10.6 Å². The van der Waals surface area contributed by atoms with E-state index in [1.165, 1.54) is 30.3 Å². The number of non-ortho nitro benzene ring substituents is 1. The van der Waals surface area contributed by atoms with Gasteiger partial charge in [-0.25, -0.2) is 4.79 Å². The van der Waals surface area contributed by atoms with E-state index in [1.54, 1.807) is 24.3 Å². The minimum absolute atomic E-state index is 0.0528. The summed E-state index contributed by atoms with van der Waals surface area (Å²) >= 11 is 3.13. The van der Waals surface area contributed by atoms with Crippen molar-refractivity contribution in [2.24, 2.45) is 0 Å². The van der Waals surface area contributed by atoms with Crippen LogP contribution in [0.5, 0.6) is 5.75 Å². The van der Waals surface area contributed by atoms with E-state index in [0.29, 0.717) is 10.2 Å². The zero-order valence-electron chi connectivity index (χ0n) is 14.2. The molecule has 3 rings (SSSR count). The van der Waals surface area contributed by atoms with Crippen LogP contribution in [0.3, 0.4) is 0 Å². The Morgan fingerprint density at radius 2 is 1.79 bits per heavy atom. The third-order valence-corrected chi connectivity index (χ3v) is 4.51. The van der Waals surface area contributed by atoms with Crippen molar-refractivity contribution in [1.29, 1.82) is 0 Å². The first kappa shape index (κ1) is 19.3. The molecule has 3 aromatic rings. The third-order valence-electron chi connectivity index (χ3n) is 3.86. The van der Waals surface area contributed by atoms with Crippen molar-refractivity contribution < 1.29 is 24.4 Å². The van der Waals surface area contributed by atoms with Gasteiger partial charge >= 0.3 is 5.97 Å². The number of benzene rings is 3. The van der Waals surface area contributed by atoms with Crippen LogP contribution in [0.25, 0.3) is 10.8 Å². The fourth-order valence-corrected chi connectivity index (χ4v) is 2.97. The molecule has 2 N–H and O–H groups in total. The second-order valence-electron chi connectivity index (χ2n) is 5.76. The number of nitro groups is 1. The number of anilines is 1. The van der Waals surface area contributed by atoms with Crippen molar-refractivity contribution in [3.05, 3.63) is 74.7 Å². The van der Waals surface area contributed by atoms with Gasteiger partial charge in [-0.05, 0) is 44.9 Å². The highest BCUT2D eigenvalue weighted by atomic mass is 79.9. The molecular weight excluding hydrogens is 432 g/mol. The molecule has 0 heterocycles. The average molecular weight is 445 g/mol. The Bertz CT molecular complexity index is 1100. The maximum atomic E-state index is 12.2. The van der Waals surface area contributed by atoms with Crippen LogP contribution in [0.1, 0.15) is 10.4 Å². The van der Waals surface area contributed by atoms with Crippen LogP contribution in [0, 0.1) is 10.1 Å². The second-order valence-corrected chi connectivity index (χ2v) is 6.62. The molecular formula is C19H13BrN2O6. The number of esters is 1. The van der Waals surface area contributed by atoms with Crippen molar-refractivity contribution in [1.82, 2.24) is 0 Å². The minimum Gasteiger partial charge on any atom is -0.507 e. The van der Waals surface area contributed by atoms with E-state index in [0.717, 1.165) is 10.8 Å². The lowest BCUT2D eigenvalue weighted by atomic mass is 10.1. The fraction of sp³-hybridized carbons (Fsp3) is 0.0526. The molecule has 9 heteroatoms. The quantitative estimate of drug-likeness (QED) is 0.348. The molecule has 0 fully saturated rings. The number of halogens is 1. The van der Waals surface area contributed by atoms with Gasteiger partial charge in [-0.15, -0.1) is 0 Å². The average Bonchev–Trinajstić information content (AvgIpc) is 2.67. The summed E-state index contributed by atoms with van der Waals surface area (Å²) in [7, 11) is 0. The summed E-state index contributed by atoms with van der Waals surface area (Å²) in [6, 6.07) is 13.9. The number of nitro benzene ring substituents is 1. The number of phenols is 1. The number of nitrogens with zero attached hydrogens (tertiary/aromatic N) is 1. The van der Waals surface area contributed by atoms with Gasteiger partial charge in [-0.1, -0.05) is 24.3 Å². The summed E-state index contributed by atoms with van der Waals surface area (Å²) in [5, 5.41) is 24.7. The molecule has 28 heavy (non-hydrogen) atoms. The molecule has 0 saturated heterocycles. The highest BCUT2D eigenvalue weighted by Gasteiger charge is 2.17. The molecule has 0 unspecified atom stereocenters. The number of hydrogen-bond acceptors (Lipinski definition) is 6. The van der Waals surface area contributed by atoms with Crippen LogP contribution in [0.2, 0.25) is 0 Å². The standard InChI is InChI=1S/C19H13BrN2O6/c20-15-9-13(22(26)27)5-6-16(15)21-18(24)10-28-19(25)14-7-11-3-1-2-4-12(11)8-17(14)23/h1-9,23H,10H2,(H,21,24). The first-order chi connectivity index (χ1) is 13.3. The number of carbonyl (C=O) groups excluding carboxylic acids is 2. The number of phenolic OH excluding ortho intramolecular Hbond substituents is 1. The van der Waals surface area contributed by atoms with E-state index < -0.39 is 23.4 Å². The molecule has 8 nitrogen and oxygen atoms in total. The summed E-state index contributed by atoms with van der Waals surface area (Å²) < 4.78 is 5.27. The topological polar surface area (TPSA) is 119 Å². The first-order valence-electron chi connectivity index (χ1n) is 7.98. The summed E-state index contributed by atoms with van der Waals surface area (Å²) in [4.78, 5) is 34.4. The number of hydrogen-bond donors (Lipinski definition) is 2. The minimum atomic E-state index is -0.846. The molecule has 1 amide bonds. The third kappa shape index (κ3) is 4.26. The van der Waals surface area contributed by atoms with Crippen LogP contribution in [0.4, 0.5) is 11.4 Å². The molecule has 0 aliphatic carbocycles. The number of nitrogens with one attached hydrogen (secondary N) is 1. The first-order valence-corrected chi connectivity index (χ1v) is 8.77. The van der Waals surface area contributed by atoms with Crippen molar-refractivity contribution in [3.8, 4) is 5.75 Å². The van der Waals surface area contributed by atoms with Gasteiger partial charge in [0.2, 0.25) is 0 Å². The molecule has 0 radical (unpaired) electrons. The lowest BCUT2D eigenvalue weighted by Gasteiger charge is -2.09. The predicted molar refractivity (Wildman–Crippen MR) is 105 cm³/mol. The molecule has 0 aliphatic heterocycles. The molecule has 3 aromatic carbocycles. The van der Waals surface area contributed by atoms with E-state index in [2.05, 4.69) is 21.2 Å². The van der Waals surface area contributed by atoms with Gasteiger partial charge in [0.15, 0.2) is 6.61 Å². The summed E-state index contributed by atoms with van der Waals surface area (Å²) in [6.45, 7) is -0.589.